The van der Waals surface area contributed by atoms with Crippen molar-refractivity contribution in [2.45, 2.75) is 86.6 Å². The van der Waals surface area contributed by atoms with Crippen LogP contribution in [0.5, 0.6) is 0 Å². The highest BCUT2D eigenvalue weighted by molar-refractivity contribution is 5.79. The smallest absolute Gasteiger partial charge is 0.458 e. The summed E-state index contributed by atoms with van der Waals surface area (Å²) in [7, 11) is 0. The van der Waals surface area contributed by atoms with Crippen LogP contribution in [0.25, 0.3) is 0 Å². The predicted octanol–water partition coefficient (Wildman–Crippen LogP) is 6.73. The quantitative estimate of drug-likeness (QED) is 0.237. The van der Waals surface area contributed by atoms with Gasteiger partial charge in [-0.05, 0) is 25.7 Å². The number of hydrogen-bond acceptors (Lipinski definition) is 4. The van der Waals surface area contributed by atoms with Crippen LogP contribution < -0.4 is 0 Å². The summed E-state index contributed by atoms with van der Waals surface area (Å²) in [4.78, 5) is 11.6. The largest absolute Gasteiger partial charge is 0.462 e. The predicted molar refractivity (Wildman–Crippen MR) is 75.8 cm³/mol. The maximum Gasteiger partial charge on any atom is 0.462 e. The number of carbonyl (C=O) groups is 1. The minimum atomic E-state index is -8.04. The zero-order valence-corrected chi connectivity index (χ0v) is 16.7. The van der Waals surface area contributed by atoms with Crippen molar-refractivity contribution in [2.24, 2.45) is 0 Å². The Balaban J connectivity index is 3.52. The highest BCUT2D eigenvalue weighted by Gasteiger charge is 2.85. The molecule has 1 rings (SSSR count). The maximum atomic E-state index is 14.3. The van der Waals surface area contributed by atoms with E-state index in [0.29, 0.717) is 6.42 Å². The van der Waals surface area contributed by atoms with Gasteiger partial charge in [0.15, 0.2) is 0 Å². The first-order valence-electron chi connectivity index (χ1n) is 8.99. The van der Waals surface area contributed by atoms with Gasteiger partial charge in [-0.25, -0.2) is 4.79 Å². The van der Waals surface area contributed by atoms with Gasteiger partial charge in [-0.15, -0.1) is 0 Å². The van der Waals surface area contributed by atoms with E-state index in [2.05, 4.69) is 4.74 Å². The first kappa shape index (κ1) is 32.2. The van der Waals surface area contributed by atoms with Crippen LogP contribution in [-0.2, 0) is 19.0 Å². The summed E-state index contributed by atoms with van der Waals surface area (Å²) in [5.41, 5.74) is 0. The first-order chi connectivity index (χ1) is 15.7. The summed E-state index contributed by atoms with van der Waals surface area (Å²) in [6, 6.07) is 0. The minimum Gasteiger partial charge on any atom is -0.458 e. The Morgan fingerprint density at radius 2 is 1.00 bits per heavy atom. The molecule has 36 heavy (non-hydrogen) atoms. The van der Waals surface area contributed by atoms with E-state index in [1.54, 1.807) is 0 Å². The molecule has 4 nitrogen and oxygen atoms in total. The SMILES string of the molecule is O=C(OC1CCCCC1)[C@@](F)(OC(F)(F)[C@@](F)(OC(F)(F)C(F)(F)C(F)(F)F)C(F)(F)F)C(F)(F)F. The van der Waals surface area contributed by atoms with Crippen LogP contribution in [0, 0.1) is 0 Å². The molecule has 0 saturated heterocycles. The molecular weight excluding hydrogens is 567 g/mol. The lowest BCUT2D eigenvalue weighted by molar-refractivity contribution is -0.548. The average Bonchev–Trinajstić information content (AvgIpc) is 2.65. The minimum absolute atomic E-state index is 0.109. The van der Waals surface area contributed by atoms with Crippen LogP contribution in [0.1, 0.15) is 32.1 Å². The molecule has 0 aromatic carbocycles. The van der Waals surface area contributed by atoms with Gasteiger partial charge >= 0.3 is 54.3 Å². The third-order valence-electron chi connectivity index (χ3n) is 4.45. The summed E-state index contributed by atoms with van der Waals surface area (Å²) >= 11 is 0. The van der Waals surface area contributed by atoms with Gasteiger partial charge < -0.3 is 4.74 Å². The fourth-order valence-corrected chi connectivity index (χ4v) is 2.56. The Kier molecular flexibility index (Phi) is 8.50. The van der Waals surface area contributed by atoms with Gasteiger partial charge in [0.2, 0.25) is 0 Å². The molecule has 0 aromatic heterocycles. The second-order valence-electron chi connectivity index (χ2n) is 7.16. The standard InChI is InChI=1S/C15H11F17O4/c16-8(11(20,21)22,7(33)34-6-4-2-1-3-5-6)35-15(31,32)10(19,13(26,27)28)36-14(29,30)9(17,18)12(23,24)25/h6H,1-5H2/t8-,10+/m1/s1. The molecule has 1 saturated carbocycles. The molecule has 0 aliphatic heterocycles. The molecule has 0 amide bonds. The molecule has 1 fully saturated rings. The van der Waals surface area contributed by atoms with Crippen LogP contribution >= 0.6 is 0 Å². The van der Waals surface area contributed by atoms with Crippen molar-refractivity contribution < 1.29 is 93.6 Å². The van der Waals surface area contributed by atoms with E-state index in [1.165, 1.54) is 4.74 Å². The highest BCUT2D eigenvalue weighted by atomic mass is 19.4. The molecular formula is C15H11F17O4. The van der Waals surface area contributed by atoms with Crippen LogP contribution in [-0.4, -0.2) is 60.5 Å². The molecule has 1 aliphatic rings. The van der Waals surface area contributed by atoms with Gasteiger partial charge in [0.1, 0.15) is 6.10 Å². The first-order valence-corrected chi connectivity index (χ1v) is 8.99. The molecule has 0 heterocycles. The van der Waals surface area contributed by atoms with Crippen molar-refractivity contribution >= 4 is 5.97 Å². The monoisotopic (exact) mass is 578 g/mol. The van der Waals surface area contributed by atoms with Crippen LogP contribution in [0.4, 0.5) is 74.6 Å². The van der Waals surface area contributed by atoms with E-state index in [9.17, 15) is 79.4 Å². The lowest BCUT2D eigenvalue weighted by Gasteiger charge is -2.40. The number of alkyl halides is 17. The Morgan fingerprint density at radius 1 is 0.556 bits per heavy atom. The molecule has 21 heteroatoms. The number of hydrogen-bond donors (Lipinski definition) is 0. The Labute approximate surface area is 187 Å². The summed E-state index contributed by atoms with van der Waals surface area (Å²) in [6.45, 7) is 0. The van der Waals surface area contributed by atoms with Gasteiger partial charge in [0.25, 0.3) is 0 Å². The molecule has 1 aliphatic carbocycles. The highest BCUT2D eigenvalue weighted by Crippen LogP contribution is 2.56. The summed E-state index contributed by atoms with van der Waals surface area (Å²) in [6.07, 6.45) is -40.2. The molecule has 0 unspecified atom stereocenters. The second-order valence-corrected chi connectivity index (χ2v) is 7.16. The molecule has 0 radical (unpaired) electrons. The molecule has 0 N–H and O–H groups in total. The van der Waals surface area contributed by atoms with Crippen molar-refractivity contribution in [1.29, 1.82) is 0 Å². The van der Waals surface area contributed by atoms with Crippen molar-refractivity contribution in [3.63, 3.8) is 0 Å². The fourth-order valence-electron chi connectivity index (χ4n) is 2.56. The summed E-state index contributed by atoms with van der Waals surface area (Å²) < 4.78 is 229. The summed E-state index contributed by atoms with van der Waals surface area (Å²) in [5, 5.41) is 0. The lowest BCUT2D eigenvalue weighted by atomic mass is 9.98. The number of ether oxygens (including phenoxy) is 3. The van der Waals surface area contributed by atoms with Gasteiger partial charge in [-0.2, -0.15) is 74.6 Å². The van der Waals surface area contributed by atoms with E-state index < -0.39 is 60.5 Å². The molecule has 214 valence electrons. The van der Waals surface area contributed by atoms with E-state index in [0.717, 1.165) is 0 Å². The third kappa shape index (κ3) is 5.85. The number of esters is 1. The van der Waals surface area contributed by atoms with Crippen molar-refractivity contribution in [3.05, 3.63) is 0 Å². The van der Waals surface area contributed by atoms with E-state index in [-0.39, 0.29) is 25.7 Å². The van der Waals surface area contributed by atoms with Crippen molar-refractivity contribution in [3.8, 4) is 0 Å². The maximum absolute atomic E-state index is 14.3. The number of carbonyl (C=O) groups excluding carboxylic acids is 1. The third-order valence-corrected chi connectivity index (χ3v) is 4.45. The zero-order valence-electron chi connectivity index (χ0n) is 16.7. The fraction of sp³-hybridized carbons (Fsp3) is 0.933. The molecule has 0 bridgehead atoms. The zero-order chi connectivity index (χ0) is 28.8. The Hall–Kier alpha value is -1.80. The van der Waals surface area contributed by atoms with E-state index in [4.69, 9.17) is 0 Å². The second kappa shape index (κ2) is 9.50. The summed E-state index contributed by atoms with van der Waals surface area (Å²) in [5.74, 6) is -26.3. The Morgan fingerprint density at radius 3 is 1.36 bits per heavy atom. The van der Waals surface area contributed by atoms with Crippen molar-refractivity contribution in [2.75, 3.05) is 0 Å². The van der Waals surface area contributed by atoms with E-state index in [1.807, 2.05) is 4.74 Å². The van der Waals surface area contributed by atoms with Gasteiger partial charge in [0.05, 0.1) is 0 Å². The molecule has 0 aromatic rings. The van der Waals surface area contributed by atoms with Gasteiger partial charge in [-0.3, -0.25) is 9.47 Å². The lowest BCUT2D eigenvalue weighted by Crippen LogP contribution is -2.68. The number of halogens is 17. The van der Waals surface area contributed by atoms with Crippen LogP contribution in [0.2, 0.25) is 0 Å². The molecule has 2 atom stereocenters. The van der Waals surface area contributed by atoms with Crippen LogP contribution in [0.15, 0.2) is 0 Å². The van der Waals surface area contributed by atoms with Crippen LogP contribution in [0.3, 0.4) is 0 Å². The molecule has 0 spiro atoms. The Bertz CT molecular complexity index is 782. The van der Waals surface area contributed by atoms with Crippen molar-refractivity contribution in [1.82, 2.24) is 0 Å². The van der Waals surface area contributed by atoms with Gasteiger partial charge in [0, 0.05) is 0 Å². The topological polar surface area (TPSA) is 44.8 Å². The van der Waals surface area contributed by atoms with E-state index >= 15 is 0 Å². The normalized spacial score (nSPS) is 21.0. The number of rotatable bonds is 8. The van der Waals surface area contributed by atoms with Gasteiger partial charge in [-0.1, -0.05) is 6.42 Å². The average molecular weight is 578 g/mol.